The van der Waals surface area contributed by atoms with Crippen molar-refractivity contribution in [2.75, 3.05) is 6.61 Å². The summed E-state index contributed by atoms with van der Waals surface area (Å²) in [6.07, 6.45) is 22.4. The minimum atomic E-state index is -0.370. The van der Waals surface area contributed by atoms with E-state index in [1.165, 1.54) is 76.7 Å². The molecule has 0 N–H and O–H groups in total. The molecule has 1 nitrogen and oxygen atoms in total. The molecule has 0 radical (unpaired) electrons. The first-order valence-corrected chi connectivity index (χ1v) is 10.2. The van der Waals surface area contributed by atoms with Gasteiger partial charge in [0.25, 0.3) is 0 Å². The van der Waals surface area contributed by atoms with E-state index in [0.717, 1.165) is 12.8 Å². The van der Waals surface area contributed by atoms with Crippen LogP contribution in [0.15, 0.2) is 18.2 Å². The second kappa shape index (κ2) is 14.8. The number of unbranched alkanes of at least 4 members (excludes halogenated alkanes) is 12. The Labute approximate surface area is 154 Å². The summed E-state index contributed by atoms with van der Waals surface area (Å²) in [6, 6.07) is 4.67. The van der Waals surface area contributed by atoms with Crippen molar-refractivity contribution in [2.45, 2.75) is 90.4 Å². The fourth-order valence-corrected chi connectivity index (χ4v) is 3.01. The minimum absolute atomic E-state index is 0.304. The molecule has 0 saturated carbocycles. The summed E-state index contributed by atoms with van der Waals surface area (Å²) < 4.78 is 19.2. The van der Waals surface area contributed by atoms with Gasteiger partial charge in [-0.1, -0.05) is 89.9 Å². The van der Waals surface area contributed by atoms with E-state index in [1.54, 1.807) is 12.1 Å². The van der Waals surface area contributed by atoms with E-state index in [4.69, 9.17) is 11.2 Å². The number of halogens is 1. The van der Waals surface area contributed by atoms with Gasteiger partial charge in [0.1, 0.15) is 0 Å². The lowest BCUT2D eigenvalue weighted by atomic mass is 10.0. The van der Waals surface area contributed by atoms with Crippen LogP contribution in [-0.2, 0) is 0 Å². The van der Waals surface area contributed by atoms with Crippen LogP contribution in [0.4, 0.5) is 4.39 Å². The zero-order valence-corrected chi connectivity index (χ0v) is 16.0. The van der Waals surface area contributed by atoms with Crippen LogP contribution in [0.1, 0.15) is 96.0 Å². The smallest absolute Gasteiger partial charge is 0.166 e. The molecule has 0 aliphatic carbocycles. The topological polar surface area (TPSA) is 9.23 Å². The lowest BCUT2D eigenvalue weighted by Gasteiger charge is -2.07. The third-order valence-corrected chi connectivity index (χ3v) is 4.60. The van der Waals surface area contributed by atoms with Crippen LogP contribution in [0.25, 0.3) is 0 Å². The third-order valence-electron chi connectivity index (χ3n) is 4.60. The Hall–Kier alpha value is -1.49. The Morgan fingerprint density at radius 3 is 1.84 bits per heavy atom. The molecule has 0 atom stereocenters. The highest BCUT2D eigenvalue weighted by Gasteiger charge is 2.03. The molecule has 0 saturated heterocycles. The van der Waals surface area contributed by atoms with Crippen LogP contribution >= 0.6 is 0 Å². The van der Waals surface area contributed by atoms with Crippen molar-refractivity contribution in [2.24, 2.45) is 0 Å². The van der Waals surface area contributed by atoms with Gasteiger partial charge in [0.2, 0.25) is 0 Å². The number of hydrogen-bond acceptors (Lipinski definition) is 1. The molecule has 0 bridgehead atoms. The monoisotopic (exact) mass is 346 g/mol. The Bertz CT molecular complexity index is 489. The summed E-state index contributed by atoms with van der Waals surface area (Å²) in [7, 11) is 0. The predicted octanol–water partition coefficient (Wildman–Crippen LogP) is 7.28. The van der Waals surface area contributed by atoms with Crippen molar-refractivity contribution in [1.29, 1.82) is 0 Å². The van der Waals surface area contributed by atoms with Crippen LogP contribution < -0.4 is 4.74 Å². The molecule has 0 fully saturated rings. The maximum absolute atomic E-state index is 13.7. The van der Waals surface area contributed by atoms with E-state index in [-0.39, 0.29) is 5.82 Å². The normalized spacial score (nSPS) is 10.6. The minimum Gasteiger partial charge on any atom is -0.491 e. The second-order valence-corrected chi connectivity index (χ2v) is 6.88. The Balaban J connectivity index is 1.88. The SMILES string of the molecule is C#Cc1ccc(OCCCCCCCCCCCCCCC)c(F)c1. The van der Waals surface area contributed by atoms with E-state index in [9.17, 15) is 4.39 Å². The average molecular weight is 347 g/mol. The number of ether oxygens (including phenoxy) is 1. The van der Waals surface area contributed by atoms with Gasteiger partial charge in [-0.2, -0.15) is 0 Å². The number of terminal acetylenes is 1. The highest BCUT2D eigenvalue weighted by Crippen LogP contribution is 2.18. The van der Waals surface area contributed by atoms with Gasteiger partial charge in [0, 0.05) is 5.56 Å². The molecular weight excluding hydrogens is 311 g/mol. The zero-order chi connectivity index (χ0) is 18.2. The lowest BCUT2D eigenvalue weighted by molar-refractivity contribution is 0.290. The first kappa shape index (κ1) is 21.6. The second-order valence-electron chi connectivity index (χ2n) is 6.88. The van der Waals surface area contributed by atoms with Crippen LogP contribution in [0, 0.1) is 18.2 Å². The van der Waals surface area contributed by atoms with Crippen molar-refractivity contribution >= 4 is 0 Å². The molecule has 0 aliphatic rings. The van der Waals surface area contributed by atoms with E-state index >= 15 is 0 Å². The van der Waals surface area contributed by atoms with Crippen molar-refractivity contribution in [3.63, 3.8) is 0 Å². The highest BCUT2D eigenvalue weighted by atomic mass is 19.1. The van der Waals surface area contributed by atoms with Crippen LogP contribution in [0.5, 0.6) is 5.75 Å². The number of benzene rings is 1. The third kappa shape index (κ3) is 10.9. The largest absolute Gasteiger partial charge is 0.491 e. The standard InChI is InChI=1S/C23H35FO/c1-3-5-6-7-8-9-10-11-12-13-14-15-16-19-25-23-18-17-21(4-2)20-22(23)24/h2,17-18,20H,3,5-16,19H2,1H3. The van der Waals surface area contributed by atoms with Crippen LogP contribution in [0.3, 0.4) is 0 Å². The van der Waals surface area contributed by atoms with Gasteiger partial charge in [-0.15, -0.1) is 6.42 Å². The van der Waals surface area contributed by atoms with Crippen molar-refractivity contribution < 1.29 is 9.13 Å². The van der Waals surface area contributed by atoms with E-state index in [1.807, 2.05) is 0 Å². The van der Waals surface area contributed by atoms with Crippen molar-refractivity contribution in [3.8, 4) is 18.1 Å². The van der Waals surface area contributed by atoms with Crippen molar-refractivity contribution in [1.82, 2.24) is 0 Å². The summed E-state index contributed by atoms with van der Waals surface area (Å²) in [5, 5.41) is 0. The molecule has 1 aromatic carbocycles. The lowest BCUT2D eigenvalue weighted by Crippen LogP contribution is -1.99. The van der Waals surface area contributed by atoms with Gasteiger partial charge in [0.05, 0.1) is 6.61 Å². The molecule has 0 unspecified atom stereocenters. The number of hydrogen-bond donors (Lipinski definition) is 0. The summed E-state index contributed by atoms with van der Waals surface area (Å²) in [4.78, 5) is 0. The molecule has 0 spiro atoms. The summed E-state index contributed by atoms with van der Waals surface area (Å²) >= 11 is 0. The molecule has 1 aromatic rings. The molecule has 0 heterocycles. The molecule has 2 heteroatoms. The van der Waals surface area contributed by atoms with E-state index in [0.29, 0.717) is 17.9 Å². The Morgan fingerprint density at radius 1 is 0.840 bits per heavy atom. The predicted molar refractivity (Wildman–Crippen MR) is 106 cm³/mol. The molecule has 140 valence electrons. The van der Waals surface area contributed by atoms with Gasteiger partial charge in [-0.05, 0) is 24.6 Å². The first-order chi connectivity index (χ1) is 12.3. The maximum atomic E-state index is 13.7. The van der Waals surface area contributed by atoms with E-state index in [2.05, 4.69) is 12.8 Å². The maximum Gasteiger partial charge on any atom is 0.166 e. The quantitative estimate of drug-likeness (QED) is 0.239. The summed E-state index contributed by atoms with van der Waals surface area (Å²) in [5.41, 5.74) is 0.547. The number of rotatable bonds is 15. The van der Waals surface area contributed by atoms with Crippen molar-refractivity contribution in [3.05, 3.63) is 29.6 Å². The first-order valence-electron chi connectivity index (χ1n) is 10.2. The average Bonchev–Trinajstić information content (AvgIpc) is 2.63. The Kier molecular flexibility index (Phi) is 12.8. The zero-order valence-electron chi connectivity index (χ0n) is 16.0. The van der Waals surface area contributed by atoms with Crippen LogP contribution in [-0.4, -0.2) is 6.61 Å². The molecule has 1 rings (SSSR count). The van der Waals surface area contributed by atoms with Gasteiger partial charge in [-0.3, -0.25) is 0 Å². The van der Waals surface area contributed by atoms with Gasteiger partial charge < -0.3 is 4.74 Å². The van der Waals surface area contributed by atoms with Gasteiger partial charge in [-0.25, -0.2) is 4.39 Å². The molecular formula is C23H35FO. The van der Waals surface area contributed by atoms with Gasteiger partial charge >= 0.3 is 0 Å². The fraction of sp³-hybridized carbons (Fsp3) is 0.652. The molecule has 25 heavy (non-hydrogen) atoms. The summed E-state index contributed by atoms with van der Waals surface area (Å²) in [6.45, 7) is 2.84. The molecule has 0 aliphatic heterocycles. The molecule has 0 aromatic heterocycles. The Morgan fingerprint density at radius 2 is 1.36 bits per heavy atom. The fourth-order valence-electron chi connectivity index (χ4n) is 3.01. The van der Waals surface area contributed by atoms with Gasteiger partial charge in [0.15, 0.2) is 11.6 Å². The summed E-state index contributed by atoms with van der Waals surface area (Å²) in [5.74, 6) is 2.35. The molecule has 0 amide bonds. The van der Waals surface area contributed by atoms with E-state index < -0.39 is 0 Å². The highest BCUT2D eigenvalue weighted by molar-refractivity contribution is 5.37. The van der Waals surface area contributed by atoms with Crippen LogP contribution in [0.2, 0.25) is 0 Å².